The number of hydrogen-bond donors (Lipinski definition) is 0. The van der Waals surface area contributed by atoms with Gasteiger partial charge in [-0.3, -0.25) is 0 Å². The van der Waals surface area contributed by atoms with E-state index in [-0.39, 0.29) is 5.41 Å². The Balaban J connectivity index is 2.25. The molecular formula is C14H15Cl2N. The summed E-state index contributed by atoms with van der Waals surface area (Å²) in [4.78, 5) is 0. The highest BCUT2D eigenvalue weighted by Gasteiger charge is 2.38. The quantitative estimate of drug-likeness (QED) is 0.750. The molecule has 0 saturated heterocycles. The Morgan fingerprint density at radius 2 is 2.24 bits per heavy atom. The Kier molecular flexibility index (Phi) is 3.66. The summed E-state index contributed by atoms with van der Waals surface area (Å²) in [7, 11) is 0. The van der Waals surface area contributed by atoms with Crippen molar-refractivity contribution in [1.82, 2.24) is 0 Å². The first-order valence-corrected chi connectivity index (χ1v) is 6.65. The van der Waals surface area contributed by atoms with Gasteiger partial charge >= 0.3 is 0 Å². The molecule has 0 radical (unpaired) electrons. The fraction of sp³-hybridized carbons (Fsp3) is 0.500. The SMILES string of the molecule is CC1CCC(C#N)(Cc2cc(Cl)ccc2Cl)C1. The summed E-state index contributed by atoms with van der Waals surface area (Å²) in [6.07, 6.45) is 3.78. The molecule has 0 bridgehead atoms. The van der Waals surface area contributed by atoms with Crippen LogP contribution < -0.4 is 0 Å². The highest BCUT2D eigenvalue weighted by Crippen LogP contribution is 2.44. The molecule has 90 valence electrons. The van der Waals surface area contributed by atoms with Gasteiger partial charge in [0.05, 0.1) is 11.5 Å². The zero-order valence-electron chi connectivity index (χ0n) is 9.84. The third-order valence-electron chi connectivity index (χ3n) is 3.63. The fourth-order valence-corrected chi connectivity index (χ4v) is 3.12. The Morgan fingerprint density at radius 1 is 1.47 bits per heavy atom. The summed E-state index contributed by atoms with van der Waals surface area (Å²) < 4.78 is 0. The van der Waals surface area contributed by atoms with Gasteiger partial charge in [-0.05, 0) is 55.4 Å². The van der Waals surface area contributed by atoms with Crippen LogP contribution in [0, 0.1) is 22.7 Å². The third-order valence-corrected chi connectivity index (χ3v) is 4.23. The first-order valence-electron chi connectivity index (χ1n) is 5.90. The molecule has 0 spiro atoms. The van der Waals surface area contributed by atoms with Gasteiger partial charge in [-0.1, -0.05) is 30.1 Å². The number of benzene rings is 1. The lowest BCUT2D eigenvalue weighted by atomic mass is 9.81. The Hall–Kier alpha value is -0.710. The highest BCUT2D eigenvalue weighted by atomic mass is 35.5. The smallest absolute Gasteiger partial charge is 0.0693 e. The van der Waals surface area contributed by atoms with Gasteiger partial charge in [0, 0.05) is 10.0 Å². The summed E-state index contributed by atoms with van der Waals surface area (Å²) in [5.41, 5.74) is 0.753. The lowest BCUT2D eigenvalue weighted by Crippen LogP contribution is -2.18. The highest BCUT2D eigenvalue weighted by molar-refractivity contribution is 6.33. The third kappa shape index (κ3) is 2.76. The van der Waals surface area contributed by atoms with E-state index >= 15 is 0 Å². The summed E-state index contributed by atoms with van der Waals surface area (Å²) in [6.45, 7) is 2.21. The molecule has 0 aromatic heterocycles. The van der Waals surface area contributed by atoms with Crippen LogP contribution in [0.15, 0.2) is 18.2 Å². The molecule has 0 N–H and O–H groups in total. The van der Waals surface area contributed by atoms with E-state index in [0.717, 1.165) is 24.8 Å². The molecule has 1 aliphatic rings. The standard InChI is InChI=1S/C14H15Cl2N/c1-10-4-5-14(7-10,9-17)8-11-6-12(15)2-3-13(11)16/h2-3,6,10H,4-5,7-8H2,1H3. The molecule has 1 nitrogen and oxygen atoms in total. The first-order chi connectivity index (χ1) is 8.04. The van der Waals surface area contributed by atoms with Crippen LogP contribution in [0.2, 0.25) is 10.0 Å². The second-order valence-electron chi connectivity index (χ2n) is 5.15. The van der Waals surface area contributed by atoms with Crippen LogP contribution in [-0.2, 0) is 6.42 Å². The van der Waals surface area contributed by atoms with Crippen LogP contribution in [-0.4, -0.2) is 0 Å². The summed E-state index contributed by atoms with van der Waals surface area (Å²) in [5.74, 6) is 0.632. The first kappa shape index (κ1) is 12.7. The number of halogens is 2. The minimum atomic E-state index is -0.242. The molecule has 1 fully saturated rings. The minimum Gasteiger partial charge on any atom is -0.198 e. The van der Waals surface area contributed by atoms with Gasteiger partial charge in [0.25, 0.3) is 0 Å². The Bertz CT molecular complexity index is 464. The van der Waals surface area contributed by atoms with Crippen molar-refractivity contribution in [3.63, 3.8) is 0 Å². The van der Waals surface area contributed by atoms with Gasteiger partial charge in [0.1, 0.15) is 0 Å². The Morgan fingerprint density at radius 3 is 2.82 bits per heavy atom. The molecule has 1 aromatic carbocycles. The average molecular weight is 268 g/mol. The molecule has 0 amide bonds. The van der Waals surface area contributed by atoms with Crippen LogP contribution in [0.3, 0.4) is 0 Å². The summed E-state index contributed by atoms with van der Waals surface area (Å²) >= 11 is 12.1. The predicted molar refractivity (Wildman–Crippen MR) is 71.2 cm³/mol. The van der Waals surface area contributed by atoms with Crippen LogP contribution in [0.4, 0.5) is 0 Å². The fourth-order valence-electron chi connectivity index (χ4n) is 2.74. The van der Waals surface area contributed by atoms with Gasteiger partial charge in [-0.15, -0.1) is 0 Å². The van der Waals surface area contributed by atoms with Crippen molar-refractivity contribution >= 4 is 23.2 Å². The molecule has 0 aliphatic heterocycles. The minimum absolute atomic E-state index is 0.242. The van der Waals surface area contributed by atoms with Gasteiger partial charge in [0.15, 0.2) is 0 Å². The zero-order valence-corrected chi connectivity index (χ0v) is 11.4. The molecule has 1 aromatic rings. The predicted octanol–water partition coefficient (Wildman–Crippen LogP) is 4.87. The molecule has 2 rings (SSSR count). The largest absolute Gasteiger partial charge is 0.198 e. The van der Waals surface area contributed by atoms with E-state index in [1.165, 1.54) is 0 Å². The van der Waals surface area contributed by atoms with Gasteiger partial charge in [-0.25, -0.2) is 0 Å². The van der Waals surface area contributed by atoms with Gasteiger partial charge in [0.2, 0.25) is 0 Å². The van der Waals surface area contributed by atoms with Crippen molar-refractivity contribution in [2.75, 3.05) is 0 Å². The van der Waals surface area contributed by atoms with E-state index < -0.39 is 0 Å². The number of nitrogens with zero attached hydrogens (tertiary/aromatic N) is 1. The van der Waals surface area contributed by atoms with Gasteiger partial charge < -0.3 is 0 Å². The van der Waals surface area contributed by atoms with E-state index in [1.54, 1.807) is 6.07 Å². The van der Waals surface area contributed by atoms with E-state index in [1.807, 2.05) is 12.1 Å². The van der Waals surface area contributed by atoms with Crippen molar-refractivity contribution < 1.29 is 0 Å². The van der Waals surface area contributed by atoms with Crippen LogP contribution in [0.25, 0.3) is 0 Å². The molecular weight excluding hydrogens is 253 g/mol. The topological polar surface area (TPSA) is 23.8 Å². The number of nitriles is 1. The average Bonchev–Trinajstić information content (AvgIpc) is 2.66. The number of rotatable bonds is 2. The molecule has 1 saturated carbocycles. The van der Waals surface area contributed by atoms with Crippen molar-refractivity contribution in [1.29, 1.82) is 5.26 Å². The molecule has 3 heteroatoms. The Labute approximate surface area is 112 Å². The maximum Gasteiger partial charge on any atom is 0.0693 e. The van der Waals surface area contributed by atoms with E-state index in [0.29, 0.717) is 22.4 Å². The monoisotopic (exact) mass is 267 g/mol. The van der Waals surface area contributed by atoms with Crippen molar-refractivity contribution in [3.8, 4) is 6.07 Å². The lowest BCUT2D eigenvalue weighted by Gasteiger charge is -2.21. The van der Waals surface area contributed by atoms with Crippen molar-refractivity contribution in [2.45, 2.75) is 32.6 Å². The van der Waals surface area contributed by atoms with Crippen LogP contribution >= 0.6 is 23.2 Å². The molecule has 17 heavy (non-hydrogen) atoms. The van der Waals surface area contributed by atoms with Gasteiger partial charge in [-0.2, -0.15) is 5.26 Å². The summed E-state index contributed by atoms with van der Waals surface area (Å²) in [6, 6.07) is 7.97. The molecule has 2 unspecified atom stereocenters. The van der Waals surface area contributed by atoms with Crippen LogP contribution in [0.5, 0.6) is 0 Å². The number of hydrogen-bond acceptors (Lipinski definition) is 1. The normalized spacial score (nSPS) is 28.0. The lowest BCUT2D eigenvalue weighted by molar-refractivity contribution is 0.391. The van der Waals surface area contributed by atoms with E-state index in [4.69, 9.17) is 23.2 Å². The summed E-state index contributed by atoms with van der Waals surface area (Å²) in [5, 5.41) is 10.8. The molecule has 2 atom stereocenters. The zero-order chi connectivity index (χ0) is 12.5. The maximum atomic E-state index is 9.43. The van der Waals surface area contributed by atoms with E-state index in [9.17, 15) is 5.26 Å². The van der Waals surface area contributed by atoms with Crippen molar-refractivity contribution in [2.24, 2.45) is 11.3 Å². The molecule has 1 aliphatic carbocycles. The second-order valence-corrected chi connectivity index (χ2v) is 6.00. The maximum absolute atomic E-state index is 9.43. The van der Waals surface area contributed by atoms with E-state index in [2.05, 4.69) is 13.0 Å². The van der Waals surface area contributed by atoms with Crippen molar-refractivity contribution in [3.05, 3.63) is 33.8 Å². The second kappa shape index (κ2) is 4.88. The van der Waals surface area contributed by atoms with Crippen LogP contribution in [0.1, 0.15) is 31.7 Å². The molecule has 0 heterocycles.